The van der Waals surface area contributed by atoms with Crippen molar-refractivity contribution in [2.45, 2.75) is 50.4 Å². The number of halogens is 2. The standard InChI is InChI=1S/C16H21Cl2N/c17-11-13-6-3-8-14(18)16(13)19-10-4-7-12-5-1-2-9-15(12)19/h3,6,8,12,15H,1-2,4-5,7,9-11H2. The Balaban J connectivity index is 1.96. The summed E-state index contributed by atoms with van der Waals surface area (Å²) >= 11 is 12.6. The van der Waals surface area contributed by atoms with E-state index in [2.05, 4.69) is 11.0 Å². The molecule has 2 atom stereocenters. The van der Waals surface area contributed by atoms with Crippen molar-refractivity contribution in [1.29, 1.82) is 0 Å². The van der Waals surface area contributed by atoms with Crippen LogP contribution in [0.5, 0.6) is 0 Å². The fraction of sp³-hybridized carbons (Fsp3) is 0.625. The van der Waals surface area contributed by atoms with E-state index in [1.807, 2.05) is 12.1 Å². The number of hydrogen-bond donors (Lipinski definition) is 0. The molecular weight excluding hydrogens is 277 g/mol. The van der Waals surface area contributed by atoms with Gasteiger partial charge in [0.15, 0.2) is 0 Å². The first kappa shape index (κ1) is 13.6. The monoisotopic (exact) mass is 297 g/mol. The summed E-state index contributed by atoms with van der Waals surface area (Å²) in [5.74, 6) is 1.41. The molecule has 2 unspecified atom stereocenters. The molecular formula is C16H21Cl2N. The molecule has 1 aliphatic heterocycles. The highest BCUT2D eigenvalue weighted by Crippen LogP contribution is 2.41. The quantitative estimate of drug-likeness (QED) is 0.675. The molecule has 2 fully saturated rings. The van der Waals surface area contributed by atoms with E-state index in [0.29, 0.717) is 11.9 Å². The number of para-hydroxylation sites is 1. The lowest BCUT2D eigenvalue weighted by Crippen LogP contribution is -2.47. The third-order valence-electron chi connectivity index (χ3n) is 4.74. The van der Waals surface area contributed by atoms with Crippen LogP contribution in [0.2, 0.25) is 5.02 Å². The number of anilines is 1. The molecule has 1 aliphatic carbocycles. The van der Waals surface area contributed by atoms with Gasteiger partial charge in [0.25, 0.3) is 0 Å². The molecule has 1 nitrogen and oxygen atoms in total. The topological polar surface area (TPSA) is 3.24 Å². The van der Waals surface area contributed by atoms with Crippen molar-refractivity contribution >= 4 is 28.9 Å². The van der Waals surface area contributed by atoms with Crippen LogP contribution in [0.15, 0.2) is 18.2 Å². The maximum Gasteiger partial charge on any atom is 0.0642 e. The van der Waals surface area contributed by atoms with Crippen molar-refractivity contribution in [3.8, 4) is 0 Å². The lowest BCUT2D eigenvalue weighted by molar-refractivity contribution is 0.243. The minimum atomic E-state index is 0.545. The van der Waals surface area contributed by atoms with Gasteiger partial charge in [-0.05, 0) is 43.2 Å². The van der Waals surface area contributed by atoms with Crippen LogP contribution in [0, 0.1) is 5.92 Å². The molecule has 19 heavy (non-hydrogen) atoms. The Morgan fingerprint density at radius 3 is 2.74 bits per heavy atom. The summed E-state index contributed by atoms with van der Waals surface area (Å²) in [6.45, 7) is 1.13. The van der Waals surface area contributed by atoms with E-state index in [1.165, 1.54) is 49.8 Å². The fourth-order valence-corrected chi connectivity index (χ4v) is 4.41. The average Bonchev–Trinajstić information content (AvgIpc) is 2.46. The molecule has 1 saturated carbocycles. The molecule has 0 radical (unpaired) electrons. The number of nitrogens with zero attached hydrogens (tertiary/aromatic N) is 1. The summed E-state index contributed by atoms with van der Waals surface area (Å²) in [4.78, 5) is 2.56. The Bertz CT molecular complexity index is 444. The second kappa shape index (κ2) is 5.93. The number of rotatable bonds is 2. The van der Waals surface area contributed by atoms with Crippen molar-refractivity contribution in [2.75, 3.05) is 11.4 Å². The summed E-state index contributed by atoms with van der Waals surface area (Å²) < 4.78 is 0. The molecule has 0 N–H and O–H groups in total. The fourth-order valence-electron chi connectivity index (χ4n) is 3.89. The van der Waals surface area contributed by atoms with Crippen LogP contribution in [-0.4, -0.2) is 12.6 Å². The number of fused-ring (bicyclic) bond motifs is 1. The molecule has 0 amide bonds. The van der Waals surface area contributed by atoms with E-state index in [-0.39, 0.29) is 0 Å². The van der Waals surface area contributed by atoms with Crippen LogP contribution in [0.25, 0.3) is 0 Å². The van der Waals surface area contributed by atoms with Crippen LogP contribution in [-0.2, 0) is 5.88 Å². The van der Waals surface area contributed by atoms with Gasteiger partial charge in [0.05, 0.1) is 10.7 Å². The third kappa shape index (κ3) is 2.60. The van der Waals surface area contributed by atoms with E-state index in [4.69, 9.17) is 23.2 Å². The zero-order valence-corrected chi connectivity index (χ0v) is 12.8. The van der Waals surface area contributed by atoms with Crippen molar-refractivity contribution in [1.82, 2.24) is 0 Å². The van der Waals surface area contributed by atoms with Gasteiger partial charge >= 0.3 is 0 Å². The van der Waals surface area contributed by atoms with Crippen LogP contribution >= 0.6 is 23.2 Å². The van der Waals surface area contributed by atoms with Crippen LogP contribution in [0.3, 0.4) is 0 Å². The largest absolute Gasteiger partial charge is 0.367 e. The zero-order valence-electron chi connectivity index (χ0n) is 11.2. The smallest absolute Gasteiger partial charge is 0.0642 e. The van der Waals surface area contributed by atoms with Gasteiger partial charge in [-0.25, -0.2) is 0 Å². The second-order valence-electron chi connectivity index (χ2n) is 5.83. The SMILES string of the molecule is ClCc1cccc(Cl)c1N1CCCC2CCCCC21. The Morgan fingerprint density at radius 2 is 1.89 bits per heavy atom. The van der Waals surface area contributed by atoms with Crippen molar-refractivity contribution in [2.24, 2.45) is 5.92 Å². The Labute approximate surface area is 125 Å². The zero-order chi connectivity index (χ0) is 13.2. The lowest BCUT2D eigenvalue weighted by atomic mass is 9.78. The summed E-state index contributed by atoms with van der Waals surface area (Å²) in [6, 6.07) is 6.80. The summed E-state index contributed by atoms with van der Waals surface area (Å²) in [5, 5.41) is 0.865. The predicted molar refractivity (Wildman–Crippen MR) is 83.3 cm³/mol. The summed E-state index contributed by atoms with van der Waals surface area (Å²) in [7, 11) is 0. The second-order valence-corrected chi connectivity index (χ2v) is 6.50. The van der Waals surface area contributed by atoms with Gasteiger partial charge in [-0.2, -0.15) is 0 Å². The van der Waals surface area contributed by atoms with Gasteiger partial charge in [0, 0.05) is 18.5 Å². The Hall–Kier alpha value is -0.400. The maximum absolute atomic E-state index is 6.47. The first-order chi connectivity index (χ1) is 9.31. The van der Waals surface area contributed by atoms with E-state index in [1.54, 1.807) is 0 Å². The molecule has 0 bridgehead atoms. The summed E-state index contributed by atoms with van der Waals surface area (Å²) in [6.07, 6.45) is 8.15. The van der Waals surface area contributed by atoms with Crippen molar-refractivity contribution < 1.29 is 0 Å². The van der Waals surface area contributed by atoms with Gasteiger partial charge in [-0.1, -0.05) is 36.6 Å². The molecule has 1 heterocycles. The minimum Gasteiger partial charge on any atom is -0.367 e. The molecule has 3 rings (SSSR count). The highest BCUT2D eigenvalue weighted by molar-refractivity contribution is 6.33. The molecule has 0 aromatic heterocycles. The molecule has 1 saturated heterocycles. The molecule has 104 valence electrons. The number of piperidine rings is 1. The third-order valence-corrected chi connectivity index (χ3v) is 5.34. The van der Waals surface area contributed by atoms with E-state index >= 15 is 0 Å². The van der Waals surface area contributed by atoms with Gasteiger partial charge in [-0.3, -0.25) is 0 Å². The average molecular weight is 298 g/mol. The first-order valence-electron chi connectivity index (χ1n) is 7.41. The van der Waals surface area contributed by atoms with E-state index in [9.17, 15) is 0 Å². The normalized spacial score (nSPS) is 27.2. The molecule has 1 aromatic carbocycles. The highest BCUT2D eigenvalue weighted by atomic mass is 35.5. The maximum atomic E-state index is 6.47. The molecule has 1 aromatic rings. The van der Waals surface area contributed by atoms with Crippen LogP contribution < -0.4 is 4.90 Å². The van der Waals surface area contributed by atoms with Crippen molar-refractivity contribution in [3.63, 3.8) is 0 Å². The number of benzene rings is 1. The van der Waals surface area contributed by atoms with Crippen molar-refractivity contribution in [3.05, 3.63) is 28.8 Å². The predicted octanol–water partition coefficient (Wildman–Crippen LogP) is 5.24. The highest BCUT2D eigenvalue weighted by Gasteiger charge is 2.34. The van der Waals surface area contributed by atoms with Gasteiger partial charge < -0.3 is 4.90 Å². The Kier molecular flexibility index (Phi) is 4.24. The van der Waals surface area contributed by atoms with Gasteiger partial charge in [-0.15, -0.1) is 11.6 Å². The van der Waals surface area contributed by atoms with E-state index < -0.39 is 0 Å². The van der Waals surface area contributed by atoms with E-state index in [0.717, 1.165) is 17.5 Å². The van der Waals surface area contributed by atoms with Crippen LogP contribution in [0.1, 0.15) is 44.1 Å². The lowest BCUT2D eigenvalue weighted by Gasteiger charge is -2.46. The minimum absolute atomic E-state index is 0.545. The summed E-state index contributed by atoms with van der Waals surface area (Å²) in [5.41, 5.74) is 2.39. The van der Waals surface area contributed by atoms with Crippen LogP contribution in [0.4, 0.5) is 5.69 Å². The van der Waals surface area contributed by atoms with Gasteiger partial charge in [0.1, 0.15) is 0 Å². The Morgan fingerprint density at radius 1 is 1.11 bits per heavy atom. The molecule has 0 spiro atoms. The molecule has 2 aliphatic rings. The van der Waals surface area contributed by atoms with Gasteiger partial charge in [0.2, 0.25) is 0 Å². The number of alkyl halides is 1. The molecule has 3 heteroatoms. The number of hydrogen-bond acceptors (Lipinski definition) is 1. The first-order valence-corrected chi connectivity index (χ1v) is 8.32.